The molecule has 3 atom stereocenters. The Morgan fingerprint density at radius 3 is 2.60 bits per heavy atom. The number of likely N-dealkylation sites (tertiary alicyclic amines) is 2. The maximum Gasteiger partial charge on any atom is 0.410 e. The molecule has 2 amide bonds. The number of carbonyl (C=O) groups is 2. The Morgan fingerprint density at radius 2 is 1.90 bits per heavy atom. The first kappa shape index (κ1) is 33.5. The topological polar surface area (TPSA) is 167 Å². The summed E-state index contributed by atoms with van der Waals surface area (Å²) in [5.74, 6) is 0.950. The van der Waals surface area contributed by atoms with E-state index in [1.54, 1.807) is 29.2 Å². The van der Waals surface area contributed by atoms with Crippen LogP contribution < -0.4 is 16.8 Å². The van der Waals surface area contributed by atoms with Crippen molar-refractivity contribution in [3.8, 4) is 5.75 Å². The monoisotopic (exact) mass is 662 g/mol. The van der Waals surface area contributed by atoms with Gasteiger partial charge in [-0.3, -0.25) is 9.69 Å². The quantitative estimate of drug-likeness (QED) is 0.328. The van der Waals surface area contributed by atoms with Crippen molar-refractivity contribution in [2.24, 2.45) is 17.4 Å². The van der Waals surface area contributed by atoms with Crippen molar-refractivity contribution < 1.29 is 24.0 Å². The van der Waals surface area contributed by atoms with Gasteiger partial charge in [-0.1, -0.05) is 31.1 Å². The summed E-state index contributed by atoms with van der Waals surface area (Å²) in [7, 11) is 0. The fourth-order valence-corrected chi connectivity index (χ4v) is 7.64. The Bertz CT molecular complexity index is 1530. The maximum absolute atomic E-state index is 13.3. The molecule has 0 aliphatic carbocycles. The number of allylic oxidation sites excluding steroid dienone is 1. The summed E-state index contributed by atoms with van der Waals surface area (Å²) < 4.78 is 11.2. The molecule has 0 saturated carbocycles. The molecule has 0 bridgehead atoms. The number of fused-ring (bicyclic) bond motifs is 1. The van der Waals surface area contributed by atoms with Crippen molar-refractivity contribution >= 4 is 17.7 Å². The molecule has 1 aromatic carbocycles. The van der Waals surface area contributed by atoms with Crippen molar-refractivity contribution in [3.63, 3.8) is 0 Å². The van der Waals surface area contributed by atoms with Crippen LogP contribution in [0.4, 0.5) is 4.79 Å². The average Bonchev–Trinajstić information content (AvgIpc) is 3.73. The Kier molecular flexibility index (Phi) is 10.0. The highest BCUT2D eigenvalue weighted by Crippen LogP contribution is 2.32. The number of nitrogens with zero attached hydrogens (tertiary/aromatic N) is 5. The molecule has 4 aliphatic rings. The van der Waals surface area contributed by atoms with E-state index >= 15 is 0 Å². The molecular formula is C35H50N8O5. The first-order valence-corrected chi connectivity index (χ1v) is 17.3. The van der Waals surface area contributed by atoms with E-state index in [0.29, 0.717) is 47.7 Å². The Morgan fingerprint density at radius 1 is 1.12 bits per heavy atom. The van der Waals surface area contributed by atoms with Crippen molar-refractivity contribution in [1.29, 1.82) is 0 Å². The van der Waals surface area contributed by atoms with Crippen LogP contribution in [0, 0.1) is 5.92 Å². The van der Waals surface area contributed by atoms with Crippen LogP contribution in [-0.4, -0.2) is 106 Å². The van der Waals surface area contributed by atoms with Crippen LogP contribution >= 0.6 is 0 Å². The Labute approximate surface area is 282 Å². The molecule has 4 aliphatic heterocycles. The zero-order valence-electron chi connectivity index (χ0n) is 28.3. The van der Waals surface area contributed by atoms with Gasteiger partial charge < -0.3 is 45.9 Å². The molecule has 2 aromatic rings. The van der Waals surface area contributed by atoms with Crippen LogP contribution in [-0.2, 0) is 16.1 Å². The van der Waals surface area contributed by atoms with Gasteiger partial charge in [-0.2, -0.15) is 0 Å². The molecule has 2 unspecified atom stereocenters. The molecule has 5 heterocycles. The van der Waals surface area contributed by atoms with E-state index in [1.165, 1.54) is 0 Å². The molecular weight excluding hydrogens is 612 g/mol. The predicted molar refractivity (Wildman–Crippen MR) is 181 cm³/mol. The molecule has 1 aromatic heterocycles. The number of aromatic nitrogens is 1. The molecule has 0 spiro atoms. The first-order valence-electron chi connectivity index (χ1n) is 17.3. The van der Waals surface area contributed by atoms with Crippen LogP contribution in [0.25, 0.3) is 5.70 Å². The normalized spacial score (nSPS) is 23.3. The first-order chi connectivity index (χ1) is 23.1. The highest BCUT2D eigenvalue weighted by molar-refractivity contribution is 5.84. The molecule has 260 valence electrons. The second-order valence-electron chi connectivity index (χ2n) is 13.9. The second kappa shape index (κ2) is 14.4. The number of hydrogen-bond acceptors (Lipinski definition) is 11. The average molecular weight is 663 g/mol. The predicted octanol–water partition coefficient (Wildman–Crippen LogP) is 2.95. The van der Waals surface area contributed by atoms with Crippen molar-refractivity contribution in [2.75, 3.05) is 45.8 Å². The number of nitrogens with two attached hydrogens (primary N) is 2. The van der Waals surface area contributed by atoms with Crippen LogP contribution in [0.2, 0.25) is 0 Å². The summed E-state index contributed by atoms with van der Waals surface area (Å²) in [5, 5.41) is 17.7. The summed E-state index contributed by atoms with van der Waals surface area (Å²) in [6, 6.07) is 9.59. The van der Waals surface area contributed by atoms with E-state index in [9.17, 15) is 14.7 Å². The number of amides is 2. The lowest BCUT2D eigenvalue weighted by Gasteiger charge is -2.49. The lowest BCUT2D eigenvalue weighted by atomic mass is 9.91. The van der Waals surface area contributed by atoms with E-state index in [1.807, 2.05) is 30.9 Å². The third kappa shape index (κ3) is 7.06. The fraction of sp³-hybridized carbons (Fsp3) is 0.571. The second-order valence-corrected chi connectivity index (χ2v) is 13.9. The third-order valence-corrected chi connectivity index (χ3v) is 10.4. The minimum Gasteiger partial charge on any atom is -0.507 e. The number of piperidine rings is 1. The molecule has 6 N–H and O–H groups in total. The molecule has 13 nitrogen and oxygen atoms in total. The summed E-state index contributed by atoms with van der Waals surface area (Å²) in [6.45, 7) is 11.4. The minimum absolute atomic E-state index is 0.000142. The molecule has 13 heteroatoms. The van der Waals surface area contributed by atoms with E-state index in [2.05, 4.69) is 27.2 Å². The van der Waals surface area contributed by atoms with E-state index in [0.717, 1.165) is 64.1 Å². The SMILES string of the molecule is CC(C)C(C(=O)N1CCC[C@@H]1C)c1cc(COC(=O)N2CCC(N3CCN4C(/C=C(\N)c5ccccc5O)=C(N)NCC4C3)CC2)no1. The van der Waals surface area contributed by atoms with Crippen LogP contribution in [0.5, 0.6) is 5.75 Å². The van der Waals surface area contributed by atoms with E-state index in [4.69, 9.17) is 20.7 Å². The zero-order valence-corrected chi connectivity index (χ0v) is 28.3. The van der Waals surface area contributed by atoms with Gasteiger partial charge in [0.05, 0.1) is 11.7 Å². The van der Waals surface area contributed by atoms with Crippen LogP contribution in [0.3, 0.4) is 0 Å². The summed E-state index contributed by atoms with van der Waals surface area (Å²) in [6.07, 6.45) is 5.25. The number of benzene rings is 1. The van der Waals surface area contributed by atoms with Gasteiger partial charge in [-0.15, -0.1) is 0 Å². The summed E-state index contributed by atoms with van der Waals surface area (Å²) in [4.78, 5) is 34.9. The van der Waals surface area contributed by atoms with E-state index < -0.39 is 5.92 Å². The molecule has 48 heavy (non-hydrogen) atoms. The number of para-hydroxylation sites is 1. The number of nitrogens with one attached hydrogen (secondary N) is 1. The minimum atomic E-state index is -0.411. The van der Waals surface area contributed by atoms with Gasteiger partial charge in [0.15, 0.2) is 0 Å². The fourth-order valence-electron chi connectivity index (χ4n) is 7.64. The molecule has 0 radical (unpaired) electrons. The van der Waals surface area contributed by atoms with Gasteiger partial charge in [-0.25, -0.2) is 4.79 Å². The largest absolute Gasteiger partial charge is 0.507 e. The summed E-state index contributed by atoms with van der Waals surface area (Å²) >= 11 is 0. The lowest BCUT2D eigenvalue weighted by Crippen LogP contribution is -2.62. The van der Waals surface area contributed by atoms with Gasteiger partial charge in [-0.05, 0) is 56.7 Å². The number of carbonyl (C=O) groups excluding carboxylic acids is 2. The number of rotatable bonds is 8. The number of ether oxygens (including phenoxy) is 1. The van der Waals surface area contributed by atoms with Crippen molar-refractivity contribution in [3.05, 3.63) is 64.9 Å². The highest BCUT2D eigenvalue weighted by Gasteiger charge is 2.38. The molecule has 6 rings (SSSR count). The zero-order chi connectivity index (χ0) is 33.9. The number of piperazine rings is 1. The van der Waals surface area contributed by atoms with Crippen LogP contribution in [0.15, 0.2) is 52.4 Å². The van der Waals surface area contributed by atoms with E-state index in [-0.39, 0.29) is 42.4 Å². The molecule has 3 fully saturated rings. The van der Waals surface area contributed by atoms with Crippen molar-refractivity contribution in [1.82, 2.24) is 30.1 Å². The third-order valence-electron chi connectivity index (χ3n) is 10.4. The summed E-state index contributed by atoms with van der Waals surface area (Å²) in [5.41, 5.74) is 15.2. The number of aromatic hydroxyl groups is 1. The molecule has 3 saturated heterocycles. The number of hydrogen-bond donors (Lipinski definition) is 4. The standard InChI is InChI=1S/C35H50N8O5/c1-22(2)32(34(45)42-12-6-7-23(42)3)31-17-24(39-48-31)21-47-35(46)40-13-10-25(11-14-40)41-15-16-43-26(20-41)19-38-33(37)29(43)18-28(36)27-8-4-5-9-30(27)44/h4-5,8-9,17-18,22-23,25-26,32,38,44H,6-7,10-16,19-21,36-37H2,1-3H3/b28-18-/t23-,26?,32?/m0/s1. The van der Waals surface area contributed by atoms with Gasteiger partial charge in [0.1, 0.15) is 35.5 Å². The van der Waals surface area contributed by atoms with Crippen molar-refractivity contribution in [2.45, 2.75) is 77.1 Å². The van der Waals surface area contributed by atoms with Gasteiger partial charge in [0.2, 0.25) is 5.91 Å². The Hall–Kier alpha value is -4.39. The van der Waals surface area contributed by atoms with Gasteiger partial charge >= 0.3 is 6.09 Å². The Balaban J connectivity index is 0.984. The number of phenolic OH excluding ortho intramolecular Hbond substituents is 1. The van der Waals surface area contributed by atoms with Crippen LogP contribution in [0.1, 0.15) is 69.4 Å². The highest BCUT2D eigenvalue weighted by atomic mass is 16.6. The van der Waals surface area contributed by atoms with Gasteiger partial charge in [0, 0.05) is 75.2 Å². The lowest BCUT2D eigenvalue weighted by molar-refractivity contribution is -0.134. The van der Waals surface area contributed by atoms with Gasteiger partial charge in [0.25, 0.3) is 0 Å². The smallest absolute Gasteiger partial charge is 0.410 e. The maximum atomic E-state index is 13.3. The number of phenols is 1.